The molecule has 0 aliphatic heterocycles. The van der Waals surface area contributed by atoms with Gasteiger partial charge in [0.05, 0.1) is 37.8 Å². The highest BCUT2D eigenvalue weighted by Gasteiger charge is 2.21. The van der Waals surface area contributed by atoms with Gasteiger partial charge in [-0.15, -0.1) is 10.2 Å². The van der Waals surface area contributed by atoms with Crippen molar-refractivity contribution in [2.45, 2.75) is 52.6 Å². The third kappa shape index (κ3) is 14.5. The van der Waals surface area contributed by atoms with E-state index in [2.05, 4.69) is 310 Å². The molecular weight excluding hydrogens is 1290 g/mol. The van der Waals surface area contributed by atoms with E-state index in [9.17, 15) is 0 Å². The summed E-state index contributed by atoms with van der Waals surface area (Å²) < 4.78 is 33.6. The molecule has 1 aromatic heterocycles. The van der Waals surface area contributed by atoms with E-state index in [1.807, 2.05) is 48.5 Å². The van der Waals surface area contributed by atoms with Crippen LogP contribution in [0.25, 0.3) is 66.0 Å². The fourth-order valence-electron chi connectivity index (χ4n) is 13.1. The zero-order valence-corrected chi connectivity index (χ0v) is 57.2. The molecule has 99 heavy (non-hydrogen) atoms. The molecule has 0 fully saturated rings. The first-order chi connectivity index (χ1) is 48.6. The molecule has 0 spiro atoms. The molecule has 15 rings (SSSR count). The lowest BCUT2D eigenvalue weighted by molar-refractivity contribution is 0.115. The molecule has 0 saturated heterocycles. The molecule has 15 aromatic rings. The van der Waals surface area contributed by atoms with E-state index in [1.54, 1.807) is 0 Å². The molecule has 0 N–H and O–H groups in total. The van der Waals surface area contributed by atoms with Crippen LogP contribution in [0.2, 0.25) is 0 Å². The van der Waals surface area contributed by atoms with Gasteiger partial charge in [-0.05, 0) is 187 Å². The Bertz CT molecular complexity index is 5200. The lowest BCUT2D eigenvalue weighted by atomic mass is 9.87. The van der Waals surface area contributed by atoms with Gasteiger partial charge >= 0.3 is 0 Å². The van der Waals surface area contributed by atoms with Gasteiger partial charge in [-0.1, -0.05) is 207 Å². The molecule has 0 radical (unpaired) electrons. The van der Waals surface area contributed by atoms with Crippen LogP contribution in [-0.2, 0) is 41.3 Å². The van der Waals surface area contributed by atoms with Gasteiger partial charge < -0.3 is 38.1 Å². The monoisotopic (exact) mass is 1360 g/mol. The van der Waals surface area contributed by atoms with Crippen LogP contribution < -0.4 is 24.2 Å². The number of nitrogens with zero attached hydrogens (tertiary/aromatic N) is 5. The average Bonchev–Trinajstić information content (AvgIpc) is 0.992. The highest BCUT2D eigenvalue weighted by molar-refractivity contribution is 9.10. The largest absolute Gasteiger partial charge is 0.489 e. The predicted molar refractivity (Wildman–Crippen MR) is 408 cm³/mol. The van der Waals surface area contributed by atoms with Crippen LogP contribution in [0.5, 0.6) is 11.5 Å². The van der Waals surface area contributed by atoms with Crippen molar-refractivity contribution >= 4 is 98.8 Å². The third-order valence-corrected chi connectivity index (χ3v) is 18.8. The zero-order valence-electron chi connectivity index (χ0n) is 55.6. The van der Waals surface area contributed by atoms with Gasteiger partial charge in [0.2, 0.25) is 11.8 Å². The van der Waals surface area contributed by atoms with E-state index in [0.717, 1.165) is 77.7 Å². The first-order valence-electron chi connectivity index (χ1n) is 33.7. The Morgan fingerprint density at radius 3 is 1.49 bits per heavy atom. The van der Waals surface area contributed by atoms with Crippen molar-refractivity contribution in [3.8, 4) is 34.4 Å². The predicted octanol–water partition coefficient (Wildman–Crippen LogP) is 22.9. The smallest absolute Gasteiger partial charge is 0.248 e. The van der Waals surface area contributed by atoms with E-state index < -0.39 is 0 Å². The molecule has 0 unspecified atom stereocenters. The number of halogens is 1. The van der Waals surface area contributed by atoms with Crippen LogP contribution in [0.1, 0.15) is 48.6 Å². The van der Waals surface area contributed by atoms with Gasteiger partial charge in [0.15, 0.2) is 0 Å². The molecule has 0 bridgehead atoms. The summed E-state index contributed by atoms with van der Waals surface area (Å²) in [5.41, 5.74) is 14.6. The maximum absolute atomic E-state index is 6.71. The van der Waals surface area contributed by atoms with Crippen molar-refractivity contribution in [3.63, 3.8) is 0 Å². The number of para-hydroxylation sites is 2. The highest BCUT2D eigenvalue weighted by Crippen LogP contribution is 2.45. The molecule has 0 saturated carbocycles. The molecular formula is C88H74BrN5O5. The summed E-state index contributed by atoms with van der Waals surface area (Å²) in [6.07, 6.45) is 0. The lowest BCUT2D eigenvalue weighted by Crippen LogP contribution is -2.31. The summed E-state index contributed by atoms with van der Waals surface area (Å²) in [6.45, 7) is 10.3. The summed E-state index contributed by atoms with van der Waals surface area (Å²) in [7, 11) is 0. The van der Waals surface area contributed by atoms with Crippen LogP contribution in [0, 0.1) is 0 Å². The molecule has 0 amide bonds. The summed E-state index contributed by atoms with van der Waals surface area (Å²) in [5, 5.41) is 18.7. The summed E-state index contributed by atoms with van der Waals surface area (Å²) in [6, 6.07) is 104. The second kappa shape index (κ2) is 28.9. The van der Waals surface area contributed by atoms with Crippen molar-refractivity contribution in [1.82, 2.24) is 10.2 Å². The SMILES string of the molecule is CC(C)(C)c1ccc(-c2nnc(-c3ccc(COc4cc(COCCN(CCOCc5cccc(N(c6ccccc6)c6cccc7ccccc67)c5)c5ccc(Br)cc5)cc(OCc5ccc(N(c6ccccc6)c6ccc7ccc8cccc9ccc6c7c89)cc5)c4)cc3)o2)cc1. The first kappa shape index (κ1) is 63.9. The molecule has 14 aromatic carbocycles. The number of ether oxygens (including phenoxy) is 4. The second-order valence-electron chi connectivity index (χ2n) is 26.0. The molecule has 488 valence electrons. The van der Waals surface area contributed by atoms with E-state index in [1.165, 1.54) is 48.7 Å². The number of anilines is 7. The van der Waals surface area contributed by atoms with Crippen molar-refractivity contribution in [2.75, 3.05) is 41.0 Å². The quantitative estimate of drug-likeness (QED) is 0.0407. The normalized spacial score (nSPS) is 11.6. The van der Waals surface area contributed by atoms with E-state index in [-0.39, 0.29) is 5.41 Å². The Kier molecular flexibility index (Phi) is 18.7. The summed E-state index contributed by atoms with van der Waals surface area (Å²) in [5.74, 6) is 2.27. The van der Waals surface area contributed by atoms with Crippen LogP contribution in [-0.4, -0.2) is 36.5 Å². The van der Waals surface area contributed by atoms with Crippen molar-refractivity contribution in [2.24, 2.45) is 0 Å². The Balaban J connectivity index is 0.639. The number of aromatic nitrogens is 2. The average molecular weight is 1360 g/mol. The Morgan fingerprint density at radius 1 is 0.364 bits per heavy atom. The molecule has 1 heterocycles. The number of rotatable bonds is 25. The Morgan fingerprint density at radius 2 is 0.848 bits per heavy atom. The minimum Gasteiger partial charge on any atom is -0.489 e. The maximum atomic E-state index is 6.71. The zero-order chi connectivity index (χ0) is 67.1. The van der Waals surface area contributed by atoms with Gasteiger partial charge in [-0.3, -0.25) is 0 Å². The van der Waals surface area contributed by atoms with Gasteiger partial charge in [-0.25, -0.2) is 0 Å². The standard InChI is InChI=1S/C88H74BrN5O5/c1-88(2,3)71-39-35-70(36-40-71)87-91-90-86(99-87)69-31-27-61(28-32-69)59-97-78-54-64(55-79(56-78)98-60-62-29-43-76(44-30-62)93(74-20-6-4-7-21-74)83-48-38-68-34-33-66-18-13-19-67-37-47-81(83)85(68)84(66)67)58-96-52-50-92(73-45-41-72(89)42-46-73)49-51-95-57-63-15-12-24-77(53-63)94(75-22-8-5-9-23-75)82-26-14-17-65-16-10-11-25-80(65)82/h4-48,53-56H,49-52,57-60H2,1-3H3. The van der Waals surface area contributed by atoms with Crippen LogP contribution >= 0.6 is 15.9 Å². The lowest BCUT2D eigenvalue weighted by Gasteiger charge is -2.28. The Labute approximate surface area is 586 Å². The minimum atomic E-state index is 0.0441. The third-order valence-electron chi connectivity index (χ3n) is 18.3. The fraction of sp³-hybridized carbons (Fsp3) is 0.136. The molecule has 11 heteroatoms. The number of fused-ring (bicyclic) bond motifs is 1. The van der Waals surface area contributed by atoms with E-state index in [0.29, 0.717) is 76.0 Å². The number of hydrogen-bond acceptors (Lipinski definition) is 10. The van der Waals surface area contributed by atoms with Crippen molar-refractivity contribution in [3.05, 3.63) is 330 Å². The van der Waals surface area contributed by atoms with Crippen molar-refractivity contribution in [1.29, 1.82) is 0 Å². The van der Waals surface area contributed by atoms with Crippen molar-refractivity contribution < 1.29 is 23.4 Å². The van der Waals surface area contributed by atoms with E-state index in [4.69, 9.17) is 23.4 Å². The molecule has 0 aliphatic carbocycles. The van der Waals surface area contributed by atoms with Crippen LogP contribution in [0.15, 0.2) is 306 Å². The molecule has 0 atom stereocenters. The highest BCUT2D eigenvalue weighted by atomic mass is 79.9. The van der Waals surface area contributed by atoms with Gasteiger partial charge in [0, 0.05) is 74.0 Å². The summed E-state index contributed by atoms with van der Waals surface area (Å²) >= 11 is 3.65. The van der Waals surface area contributed by atoms with Crippen LogP contribution in [0.3, 0.4) is 0 Å². The fourth-order valence-corrected chi connectivity index (χ4v) is 13.4. The topological polar surface area (TPSA) is 85.6 Å². The van der Waals surface area contributed by atoms with E-state index >= 15 is 0 Å². The van der Waals surface area contributed by atoms with Gasteiger partial charge in [0.25, 0.3) is 0 Å². The Hall–Kier alpha value is -11.1. The second-order valence-corrected chi connectivity index (χ2v) is 26.9. The maximum Gasteiger partial charge on any atom is 0.248 e. The molecule has 0 aliphatic rings. The number of benzene rings is 14. The number of hydrogen-bond donors (Lipinski definition) is 0. The molecule has 10 nitrogen and oxygen atoms in total. The van der Waals surface area contributed by atoms with Crippen LogP contribution in [0.4, 0.5) is 39.8 Å². The van der Waals surface area contributed by atoms with Gasteiger partial charge in [0.1, 0.15) is 24.7 Å². The summed E-state index contributed by atoms with van der Waals surface area (Å²) in [4.78, 5) is 7.00. The first-order valence-corrected chi connectivity index (χ1v) is 34.5. The van der Waals surface area contributed by atoms with Gasteiger partial charge in [-0.2, -0.15) is 0 Å². The minimum absolute atomic E-state index is 0.0441.